The van der Waals surface area contributed by atoms with E-state index in [0.717, 1.165) is 18.1 Å². The molecular formula is C19H37N. The van der Waals surface area contributed by atoms with Crippen molar-refractivity contribution < 1.29 is 0 Å². The molecule has 1 heteroatoms. The van der Waals surface area contributed by atoms with Crippen molar-refractivity contribution in [1.29, 1.82) is 0 Å². The molecule has 0 amide bonds. The van der Waals surface area contributed by atoms with Crippen LogP contribution in [0.3, 0.4) is 0 Å². The van der Waals surface area contributed by atoms with Crippen LogP contribution in [0.5, 0.6) is 0 Å². The maximum Gasteiger partial charge on any atom is 0.0102 e. The zero-order valence-corrected chi connectivity index (χ0v) is 14.1. The molecule has 0 N–H and O–H groups in total. The quantitative estimate of drug-likeness (QED) is 0.498. The van der Waals surface area contributed by atoms with E-state index in [9.17, 15) is 0 Å². The minimum atomic E-state index is 0.861. The van der Waals surface area contributed by atoms with Crippen LogP contribution in [0.1, 0.15) is 104 Å². The second-order valence-electron chi connectivity index (χ2n) is 7.38. The normalized spacial score (nSPS) is 31.2. The van der Waals surface area contributed by atoms with E-state index in [1.807, 2.05) is 0 Å². The van der Waals surface area contributed by atoms with Gasteiger partial charge in [0.1, 0.15) is 0 Å². The number of fused-ring (bicyclic) bond motifs is 1. The third-order valence-corrected chi connectivity index (χ3v) is 5.74. The minimum absolute atomic E-state index is 0.861. The Hall–Kier alpha value is -0.0400. The minimum Gasteiger partial charge on any atom is -0.295 e. The van der Waals surface area contributed by atoms with Crippen LogP contribution in [0.25, 0.3) is 0 Å². The van der Waals surface area contributed by atoms with Crippen LogP contribution < -0.4 is 0 Å². The highest BCUT2D eigenvalue weighted by Gasteiger charge is 2.36. The second kappa shape index (κ2) is 9.07. The third kappa shape index (κ3) is 4.76. The first kappa shape index (κ1) is 16.3. The summed E-state index contributed by atoms with van der Waals surface area (Å²) in [5.74, 6) is 0. The summed E-state index contributed by atoms with van der Waals surface area (Å²) >= 11 is 0. The number of nitrogens with zero attached hydrogens (tertiary/aromatic N) is 1. The Morgan fingerprint density at radius 1 is 0.800 bits per heavy atom. The maximum atomic E-state index is 2.93. The van der Waals surface area contributed by atoms with Crippen LogP contribution in [0.2, 0.25) is 0 Å². The predicted octanol–water partition coefficient (Wildman–Crippen LogP) is 5.92. The van der Waals surface area contributed by atoms with Gasteiger partial charge in [0, 0.05) is 18.1 Å². The molecule has 118 valence electrons. The Morgan fingerprint density at radius 3 is 2.30 bits per heavy atom. The van der Waals surface area contributed by atoms with Gasteiger partial charge in [-0.25, -0.2) is 0 Å². The van der Waals surface area contributed by atoms with Crippen LogP contribution in [-0.4, -0.2) is 23.0 Å². The summed E-state index contributed by atoms with van der Waals surface area (Å²) in [5.41, 5.74) is 0. The standard InChI is InChI=1S/C19H37N/c1-3-4-5-6-7-8-9-13-18-15-16-19-14-11-10-12-17(2)20(18)19/h17-19H,3-16H2,1-2H3/t17-,18+,19-/m1/s1. The molecule has 0 saturated carbocycles. The van der Waals surface area contributed by atoms with Crippen molar-refractivity contribution in [2.45, 2.75) is 122 Å². The van der Waals surface area contributed by atoms with Crippen molar-refractivity contribution in [2.24, 2.45) is 0 Å². The highest BCUT2D eigenvalue weighted by molar-refractivity contribution is 4.92. The van der Waals surface area contributed by atoms with Crippen LogP contribution in [0.4, 0.5) is 0 Å². The molecule has 3 atom stereocenters. The average molecular weight is 280 g/mol. The summed E-state index contributed by atoms with van der Waals surface area (Å²) in [6.07, 6.45) is 20.5. The smallest absolute Gasteiger partial charge is 0.0102 e. The molecule has 2 aliphatic heterocycles. The second-order valence-corrected chi connectivity index (χ2v) is 7.38. The lowest BCUT2D eigenvalue weighted by Crippen LogP contribution is -2.41. The molecule has 0 radical (unpaired) electrons. The molecule has 2 fully saturated rings. The van der Waals surface area contributed by atoms with Crippen molar-refractivity contribution in [2.75, 3.05) is 0 Å². The summed E-state index contributed by atoms with van der Waals surface area (Å²) in [7, 11) is 0. The van der Waals surface area contributed by atoms with Gasteiger partial charge in [0.15, 0.2) is 0 Å². The van der Waals surface area contributed by atoms with Crippen molar-refractivity contribution in [3.05, 3.63) is 0 Å². The monoisotopic (exact) mass is 279 g/mol. The van der Waals surface area contributed by atoms with Crippen molar-refractivity contribution in [1.82, 2.24) is 4.90 Å². The van der Waals surface area contributed by atoms with E-state index in [0.29, 0.717) is 0 Å². The first-order valence-electron chi connectivity index (χ1n) is 9.60. The summed E-state index contributed by atoms with van der Waals surface area (Å²) in [4.78, 5) is 2.93. The first-order chi connectivity index (χ1) is 9.83. The lowest BCUT2D eigenvalue weighted by atomic mass is 10.0. The Labute approximate surface area is 127 Å². The molecule has 2 aliphatic rings. The summed E-state index contributed by atoms with van der Waals surface area (Å²) in [6.45, 7) is 4.79. The highest BCUT2D eigenvalue weighted by atomic mass is 15.2. The molecule has 0 aliphatic carbocycles. The van der Waals surface area contributed by atoms with E-state index in [-0.39, 0.29) is 0 Å². The summed E-state index contributed by atoms with van der Waals surface area (Å²) in [5, 5.41) is 0. The highest BCUT2D eigenvalue weighted by Crippen LogP contribution is 2.36. The van der Waals surface area contributed by atoms with Crippen molar-refractivity contribution in [3.63, 3.8) is 0 Å². The number of rotatable bonds is 8. The van der Waals surface area contributed by atoms with Crippen LogP contribution in [0.15, 0.2) is 0 Å². The van der Waals surface area contributed by atoms with Crippen LogP contribution >= 0.6 is 0 Å². The topological polar surface area (TPSA) is 3.24 Å². The molecule has 0 aromatic carbocycles. The zero-order valence-electron chi connectivity index (χ0n) is 14.1. The van der Waals surface area contributed by atoms with Gasteiger partial charge in [-0.1, -0.05) is 64.7 Å². The molecule has 2 rings (SSSR count). The van der Waals surface area contributed by atoms with Gasteiger partial charge in [0.2, 0.25) is 0 Å². The first-order valence-corrected chi connectivity index (χ1v) is 9.60. The van der Waals surface area contributed by atoms with Crippen molar-refractivity contribution >= 4 is 0 Å². The Bertz CT molecular complexity index is 250. The van der Waals surface area contributed by atoms with E-state index in [2.05, 4.69) is 18.7 Å². The van der Waals surface area contributed by atoms with E-state index in [1.165, 1.54) is 89.9 Å². The molecular weight excluding hydrogens is 242 g/mol. The van der Waals surface area contributed by atoms with E-state index in [1.54, 1.807) is 0 Å². The van der Waals surface area contributed by atoms with Gasteiger partial charge in [-0.05, 0) is 39.0 Å². The molecule has 2 heterocycles. The Kier molecular flexibility index (Phi) is 7.41. The predicted molar refractivity (Wildman–Crippen MR) is 89.2 cm³/mol. The van der Waals surface area contributed by atoms with Gasteiger partial charge < -0.3 is 0 Å². The largest absolute Gasteiger partial charge is 0.295 e. The molecule has 0 bridgehead atoms. The van der Waals surface area contributed by atoms with E-state index < -0.39 is 0 Å². The van der Waals surface area contributed by atoms with Gasteiger partial charge in [0.05, 0.1) is 0 Å². The van der Waals surface area contributed by atoms with Gasteiger partial charge in [-0.15, -0.1) is 0 Å². The third-order valence-electron chi connectivity index (χ3n) is 5.74. The SMILES string of the molecule is CCCCCCCCC[C@H]1CC[C@H]2CCCC[C@@H](C)N21. The van der Waals surface area contributed by atoms with Crippen molar-refractivity contribution in [3.8, 4) is 0 Å². The Morgan fingerprint density at radius 2 is 1.50 bits per heavy atom. The lowest BCUT2D eigenvalue weighted by Gasteiger charge is -2.34. The number of hydrogen-bond acceptors (Lipinski definition) is 1. The lowest BCUT2D eigenvalue weighted by molar-refractivity contribution is 0.132. The fourth-order valence-corrected chi connectivity index (χ4v) is 4.59. The molecule has 2 saturated heterocycles. The van der Waals surface area contributed by atoms with Gasteiger partial charge in [0.25, 0.3) is 0 Å². The summed E-state index contributed by atoms with van der Waals surface area (Å²) in [6, 6.07) is 2.74. The average Bonchev–Trinajstić information content (AvgIpc) is 2.76. The Balaban J connectivity index is 1.63. The van der Waals surface area contributed by atoms with Gasteiger partial charge >= 0.3 is 0 Å². The van der Waals surface area contributed by atoms with E-state index >= 15 is 0 Å². The fourth-order valence-electron chi connectivity index (χ4n) is 4.59. The molecule has 0 aromatic rings. The molecule has 0 aromatic heterocycles. The zero-order chi connectivity index (χ0) is 14.2. The molecule has 1 nitrogen and oxygen atoms in total. The number of hydrogen-bond donors (Lipinski definition) is 0. The summed E-state index contributed by atoms with van der Waals surface area (Å²) < 4.78 is 0. The molecule has 0 spiro atoms. The van der Waals surface area contributed by atoms with Gasteiger partial charge in [-0.3, -0.25) is 4.90 Å². The molecule has 0 unspecified atom stereocenters. The molecule has 20 heavy (non-hydrogen) atoms. The van der Waals surface area contributed by atoms with Crippen LogP contribution in [-0.2, 0) is 0 Å². The maximum absolute atomic E-state index is 2.93. The number of unbranched alkanes of at least 4 members (excludes halogenated alkanes) is 6. The van der Waals surface area contributed by atoms with Crippen LogP contribution in [0, 0.1) is 0 Å². The fraction of sp³-hybridized carbons (Fsp3) is 1.00. The van der Waals surface area contributed by atoms with E-state index in [4.69, 9.17) is 0 Å². The van der Waals surface area contributed by atoms with Gasteiger partial charge in [-0.2, -0.15) is 0 Å².